The Labute approximate surface area is 85.2 Å². The summed E-state index contributed by atoms with van der Waals surface area (Å²) in [5.74, 6) is 0. The van der Waals surface area contributed by atoms with E-state index in [1.54, 1.807) is 6.20 Å². The summed E-state index contributed by atoms with van der Waals surface area (Å²) < 4.78 is 0. The Hall–Kier alpha value is -0.930. The van der Waals surface area contributed by atoms with Crippen LogP contribution in [0.2, 0.25) is 0 Å². The minimum absolute atomic E-state index is 0.378. The summed E-state index contributed by atoms with van der Waals surface area (Å²) in [7, 11) is 1.92. The molecular formula is C11H18N2O. The second-order valence-electron chi connectivity index (χ2n) is 3.49. The predicted octanol–water partition coefficient (Wildman–Crippen LogP) is 1.42. The molecule has 0 aliphatic carbocycles. The number of rotatable bonds is 5. The molecule has 0 amide bonds. The van der Waals surface area contributed by atoms with Gasteiger partial charge in [0.1, 0.15) is 0 Å². The van der Waals surface area contributed by atoms with Crippen molar-refractivity contribution < 1.29 is 5.11 Å². The van der Waals surface area contributed by atoms with Gasteiger partial charge in [0.2, 0.25) is 0 Å². The van der Waals surface area contributed by atoms with Crippen molar-refractivity contribution in [1.29, 1.82) is 0 Å². The fourth-order valence-electron chi connectivity index (χ4n) is 1.32. The van der Waals surface area contributed by atoms with Crippen molar-refractivity contribution in [3.8, 4) is 0 Å². The Morgan fingerprint density at radius 1 is 1.50 bits per heavy atom. The third-order valence-electron chi connectivity index (χ3n) is 2.22. The Morgan fingerprint density at radius 3 is 2.86 bits per heavy atom. The molecule has 3 nitrogen and oxygen atoms in total. The van der Waals surface area contributed by atoms with Gasteiger partial charge in [0.25, 0.3) is 0 Å². The zero-order chi connectivity index (χ0) is 10.4. The fourth-order valence-corrected chi connectivity index (χ4v) is 1.32. The maximum atomic E-state index is 9.77. The zero-order valence-electron chi connectivity index (χ0n) is 8.83. The largest absolute Gasteiger partial charge is 0.388 e. The molecule has 0 aliphatic rings. The summed E-state index contributed by atoms with van der Waals surface area (Å²) in [6.45, 7) is 2.88. The van der Waals surface area contributed by atoms with Crippen LogP contribution in [0.5, 0.6) is 0 Å². The molecule has 14 heavy (non-hydrogen) atoms. The number of aromatic nitrogens is 1. The molecule has 1 rings (SSSR count). The second-order valence-corrected chi connectivity index (χ2v) is 3.49. The summed E-state index contributed by atoms with van der Waals surface area (Å²) in [6, 6.07) is 3.86. The summed E-state index contributed by atoms with van der Waals surface area (Å²) in [4.78, 5) is 4.15. The molecule has 1 unspecified atom stereocenters. The molecule has 2 N–H and O–H groups in total. The first-order valence-corrected chi connectivity index (χ1v) is 4.99. The summed E-state index contributed by atoms with van der Waals surface area (Å²) in [5, 5.41) is 12.8. The highest BCUT2D eigenvalue weighted by atomic mass is 16.3. The van der Waals surface area contributed by atoms with Crippen molar-refractivity contribution in [2.24, 2.45) is 0 Å². The number of nitrogens with zero attached hydrogens (tertiary/aromatic N) is 1. The summed E-state index contributed by atoms with van der Waals surface area (Å²) >= 11 is 0. The van der Waals surface area contributed by atoms with Crippen molar-refractivity contribution in [2.45, 2.75) is 25.9 Å². The van der Waals surface area contributed by atoms with Crippen LogP contribution in [0.3, 0.4) is 0 Å². The van der Waals surface area contributed by atoms with Crippen LogP contribution in [0.15, 0.2) is 18.3 Å². The van der Waals surface area contributed by atoms with Crippen LogP contribution in [0.25, 0.3) is 0 Å². The maximum Gasteiger partial charge on any atom is 0.0805 e. The number of aliphatic hydroxyl groups excluding tert-OH is 1. The first-order valence-electron chi connectivity index (χ1n) is 4.99. The number of aryl methyl sites for hydroxylation is 1. The number of aliphatic hydroxyl groups is 1. The van der Waals surface area contributed by atoms with Crippen LogP contribution in [-0.4, -0.2) is 23.7 Å². The average Bonchev–Trinajstić information content (AvgIpc) is 2.19. The molecule has 1 aromatic heterocycles. The van der Waals surface area contributed by atoms with E-state index in [1.807, 2.05) is 26.1 Å². The topological polar surface area (TPSA) is 45.1 Å². The Morgan fingerprint density at radius 2 is 2.29 bits per heavy atom. The highest BCUT2D eigenvalue weighted by Crippen LogP contribution is 2.16. The zero-order valence-corrected chi connectivity index (χ0v) is 8.83. The molecule has 1 aromatic rings. The molecule has 78 valence electrons. The van der Waals surface area contributed by atoms with Crippen LogP contribution in [-0.2, 0) is 0 Å². The summed E-state index contributed by atoms with van der Waals surface area (Å²) in [6.07, 6.45) is 3.13. The fraction of sp³-hybridized carbons (Fsp3) is 0.545. The highest BCUT2D eigenvalue weighted by Gasteiger charge is 2.06. The van der Waals surface area contributed by atoms with Crippen molar-refractivity contribution in [1.82, 2.24) is 10.3 Å². The number of nitrogens with one attached hydrogen (secondary N) is 1. The van der Waals surface area contributed by atoms with Crippen LogP contribution in [0.1, 0.15) is 30.2 Å². The van der Waals surface area contributed by atoms with Gasteiger partial charge in [-0.05, 0) is 45.0 Å². The monoisotopic (exact) mass is 194 g/mol. The van der Waals surface area contributed by atoms with Crippen molar-refractivity contribution in [2.75, 3.05) is 13.6 Å². The number of hydrogen-bond acceptors (Lipinski definition) is 3. The first-order chi connectivity index (χ1) is 6.74. The van der Waals surface area contributed by atoms with E-state index in [-0.39, 0.29) is 6.10 Å². The highest BCUT2D eigenvalue weighted by molar-refractivity contribution is 5.15. The lowest BCUT2D eigenvalue weighted by atomic mass is 10.1. The molecule has 0 saturated carbocycles. The van der Waals surface area contributed by atoms with Crippen molar-refractivity contribution in [3.05, 3.63) is 29.6 Å². The van der Waals surface area contributed by atoms with Gasteiger partial charge in [-0.2, -0.15) is 0 Å². The minimum atomic E-state index is -0.378. The lowest BCUT2D eigenvalue weighted by Crippen LogP contribution is -2.09. The van der Waals surface area contributed by atoms with E-state index >= 15 is 0 Å². The summed E-state index contributed by atoms with van der Waals surface area (Å²) in [5.41, 5.74) is 1.89. The number of pyridine rings is 1. The van der Waals surface area contributed by atoms with E-state index in [0.29, 0.717) is 0 Å². The minimum Gasteiger partial charge on any atom is -0.388 e. The predicted molar refractivity (Wildman–Crippen MR) is 57.1 cm³/mol. The first kappa shape index (κ1) is 11.1. The molecule has 0 aliphatic heterocycles. The van der Waals surface area contributed by atoms with Crippen LogP contribution >= 0.6 is 0 Å². The Balaban J connectivity index is 2.43. The lowest BCUT2D eigenvalue weighted by Gasteiger charge is -2.10. The molecule has 0 fully saturated rings. The molecule has 1 heterocycles. The number of hydrogen-bond donors (Lipinski definition) is 2. The van der Waals surface area contributed by atoms with Crippen molar-refractivity contribution >= 4 is 0 Å². The van der Waals surface area contributed by atoms with Crippen LogP contribution in [0, 0.1) is 6.92 Å². The van der Waals surface area contributed by atoms with Gasteiger partial charge < -0.3 is 10.4 Å². The van der Waals surface area contributed by atoms with Gasteiger partial charge in [-0.25, -0.2) is 0 Å². The smallest absolute Gasteiger partial charge is 0.0805 e. The molecule has 0 radical (unpaired) electrons. The van der Waals surface area contributed by atoms with Gasteiger partial charge >= 0.3 is 0 Å². The normalized spacial score (nSPS) is 12.8. The van der Waals surface area contributed by atoms with E-state index in [0.717, 1.165) is 30.6 Å². The van der Waals surface area contributed by atoms with Gasteiger partial charge in [0, 0.05) is 11.9 Å². The van der Waals surface area contributed by atoms with E-state index < -0.39 is 0 Å². The van der Waals surface area contributed by atoms with Crippen molar-refractivity contribution in [3.63, 3.8) is 0 Å². The van der Waals surface area contributed by atoms with Gasteiger partial charge in [-0.1, -0.05) is 6.07 Å². The van der Waals surface area contributed by atoms with Crippen LogP contribution in [0.4, 0.5) is 0 Å². The van der Waals surface area contributed by atoms with Crippen LogP contribution < -0.4 is 5.32 Å². The molecule has 0 saturated heterocycles. The quantitative estimate of drug-likeness (QED) is 0.697. The molecule has 1 atom stereocenters. The molecular weight excluding hydrogens is 176 g/mol. The van der Waals surface area contributed by atoms with Gasteiger partial charge in [0.05, 0.1) is 6.10 Å². The molecule has 0 spiro atoms. The van der Waals surface area contributed by atoms with Gasteiger partial charge in [-0.3, -0.25) is 4.98 Å². The lowest BCUT2D eigenvalue weighted by molar-refractivity contribution is 0.164. The van der Waals surface area contributed by atoms with E-state index in [2.05, 4.69) is 10.3 Å². The van der Waals surface area contributed by atoms with E-state index in [9.17, 15) is 5.11 Å². The van der Waals surface area contributed by atoms with E-state index in [4.69, 9.17) is 0 Å². The second kappa shape index (κ2) is 5.73. The molecule has 3 heteroatoms. The Kier molecular flexibility index (Phi) is 4.56. The van der Waals surface area contributed by atoms with Gasteiger partial charge in [-0.15, -0.1) is 0 Å². The SMILES string of the molecule is CNCCCC(O)c1ccc(C)nc1. The average molecular weight is 194 g/mol. The third-order valence-corrected chi connectivity index (χ3v) is 2.22. The Bertz CT molecular complexity index is 258. The standard InChI is InChI=1S/C11H18N2O/c1-9-5-6-10(8-13-9)11(14)4-3-7-12-2/h5-6,8,11-12,14H,3-4,7H2,1-2H3. The molecule has 0 bridgehead atoms. The van der Waals surface area contributed by atoms with Gasteiger partial charge in [0.15, 0.2) is 0 Å². The third kappa shape index (κ3) is 3.44. The molecule has 0 aromatic carbocycles. The maximum absolute atomic E-state index is 9.77. The van der Waals surface area contributed by atoms with E-state index in [1.165, 1.54) is 0 Å².